The second-order valence-electron chi connectivity index (χ2n) is 4.43. The van der Waals surface area contributed by atoms with Crippen LogP contribution in [0.25, 0.3) is 0 Å². The standard InChI is InChI=1S/C12H17NO3S/c14-10(11-4-2-6-17-11)7-9-3-1-5-13(9)8-12(15)16/h2,4,6,9-10,14H,1,3,5,7-8H2,(H,15,16). The molecule has 1 aliphatic rings. The first-order valence-corrected chi connectivity index (χ1v) is 6.72. The lowest BCUT2D eigenvalue weighted by Crippen LogP contribution is -2.35. The fraction of sp³-hybridized carbons (Fsp3) is 0.583. The summed E-state index contributed by atoms with van der Waals surface area (Å²) < 4.78 is 0. The minimum absolute atomic E-state index is 0.0851. The monoisotopic (exact) mass is 255 g/mol. The number of aliphatic hydroxyl groups is 1. The van der Waals surface area contributed by atoms with Gasteiger partial charge in [0.05, 0.1) is 12.6 Å². The molecule has 0 saturated carbocycles. The van der Waals surface area contributed by atoms with E-state index in [0.29, 0.717) is 6.42 Å². The van der Waals surface area contributed by atoms with Gasteiger partial charge in [-0.1, -0.05) is 6.07 Å². The maximum atomic E-state index is 10.7. The van der Waals surface area contributed by atoms with Crippen molar-refractivity contribution in [2.24, 2.45) is 0 Å². The Balaban J connectivity index is 1.91. The summed E-state index contributed by atoms with van der Waals surface area (Å²) in [5, 5.41) is 20.8. The Hall–Kier alpha value is -0.910. The zero-order valence-corrected chi connectivity index (χ0v) is 10.4. The van der Waals surface area contributed by atoms with E-state index in [2.05, 4.69) is 0 Å². The van der Waals surface area contributed by atoms with Gasteiger partial charge >= 0.3 is 5.97 Å². The van der Waals surface area contributed by atoms with Crippen LogP contribution in [0.4, 0.5) is 0 Å². The Kier molecular flexibility index (Phi) is 4.15. The minimum atomic E-state index is -0.789. The Morgan fingerprint density at radius 2 is 2.47 bits per heavy atom. The predicted octanol–water partition coefficient (Wildman–Crippen LogP) is 1.72. The first-order chi connectivity index (χ1) is 8.16. The number of carboxylic acid groups (broad SMARTS) is 1. The molecule has 1 fully saturated rings. The summed E-state index contributed by atoms with van der Waals surface area (Å²) in [7, 11) is 0. The smallest absolute Gasteiger partial charge is 0.317 e. The van der Waals surface area contributed by atoms with Gasteiger partial charge in [0.25, 0.3) is 0 Å². The van der Waals surface area contributed by atoms with E-state index in [9.17, 15) is 9.90 Å². The second kappa shape index (κ2) is 5.62. The van der Waals surface area contributed by atoms with Crippen molar-refractivity contribution < 1.29 is 15.0 Å². The zero-order chi connectivity index (χ0) is 12.3. The molecule has 0 aliphatic carbocycles. The zero-order valence-electron chi connectivity index (χ0n) is 9.58. The average Bonchev–Trinajstić information content (AvgIpc) is 2.89. The van der Waals surface area contributed by atoms with Gasteiger partial charge in [0.15, 0.2) is 0 Å². The highest BCUT2D eigenvalue weighted by Crippen LogP contribution is 2.29. The quantitative estimate of drug-likeness (QED) is 0.841. The van der Waals surface area contributed by atoms with Gasteiger partial charge in [-0.15, -0.1) is 11.3 Å². The number of carboxylic acids is 1. The van der Waals surface area contributed by atoms with E-state index in [4.69, 9.17) is 5.11 Å². The van der Waals surface area contributed by atoms with E-state index < -0.39 is 12.1 Å². The number of likely N-dealkylation sites (tertiary alicyclic amines) is 1. The second-order valence-corrected chi connectivity index (χ2v) is 5.41. The van der Waals surface area contributed by atoms with Gasteiger partial charge in [0.1, 0.15) is 0 Å². The van der Waals surface area contributed by atoms with Crippen LogP contribution in [0.2, 0.25) is 0 Å². The summed E-state index contributed by atoms with van der Waals surface area (Å²) in [6.07, 6.45) is 2.17. The largest absolute Gasteiger partial charge is 0.480 e. The van der Waals surface area contributed by atoms with Crippen molar-refractivity contribution in [3.8, 4) is 0 Å². The number of hydrogen-bond acceptors (Lipinski definition) is 4. The third-order valence-corrected chi connectivity index (χ3v) is 4.18. The maximum Gasteiger partial charge on any atom is 0.317 e. The van der Waals surface area contributed by atoms with Crippen LogP contribution >= 0.6 is 11.3 Å². The molecule has 0 spiro atoms. The Morgan fingerprint density at radius 3 is 3.12 bits per heavy atom. The highest BCUT2D eigenvalue weighted by molar-refractivity contribution is 7.10. The van der Waals surface area contributed by atoms with Crippen molar-refractivity contribution in [2.45, 2.75) is 31.4 Å². The molecule has 1 aromatic rings. The molecule has 2 heterocycles. The minimum Gasteiger partial charge on any atom is -0.480 e. The number of nitrogens with zero attached hydrogens (tertiary/aromatic N) is 1. The van der Waals surface area contributed by atoms with Crippen molar-refractivity contribution in [2.75, 3.05) is 13.1 Å². The van der Waals surface area contributed by atoms with E-state index in [1.54, 1.807) is 11.3 Å². The topological polar surface area (TPSA) is 60.8 Å². The number of carbonyl (C=O) groups is 1. The Bertz CT molecular complexity index is 366. The van der Waals surface area contributed by atoms with Gasteiger partial charge < -0.3 is 10.2 Å². The van der Waals surface area contributed by atoms with Crippen LogP contribution in [0.1, 0.15) is 30.2 Å². The van der Waals surface area contributed by atoms with E-state index in [-0.39, 0.29) is 12.6 Å². The average molecular weight is 255 g/mol. The normalized spacial score (nSPS) is 22.8. The SMILES string of the molecule is O=C(O)CN1CCCC1CC(O)c1cccs1. The predicted molar refractivity (Wildman–Crippen MR) is 66.1 cm³/mol. The molecule has 0 aromatic carbocycles. The molecule has 0 amide bonds. The molecule has 0 radical (unpaired) electrons. The molecule has 1 aliphatic heterocycles. The molecule has 17 heavy (non-hydrogen) atoms. The summed E-state index contributed by atoms with van der Waals surface area (Å²) in [5.41, 5.74) is 0. The third-order valence-electron chi connectivity index (χ3n) is 3.20. The van der Waals surface area contributed by atoms with E-state index in [1.165, 1.54) is 0 Å². The van der Waals surface area contributed by atoms with Crippen LogP contribution in [0.3, 0.4) is 0 Å². The summed E-state index contributed by atoms with van der Waals surface area (Å²) in [4.78, 5) is 13.6. The number of hydrogen-bond donors (Lipinski definition) is 2. The number of rotatable bonds is 5. The summed E-state index contributed by atoms with van der Waals surface area (Å²) >= 11 is 1.54. The molecular weight excluding hydrogens is 238 g/mol. The molecule has 2 rings (SSSR count). The molecule has 94 valence electrons. The first-order valence-electron chi connectivity index (χ1n) is 5.84. The number of aliphatic hydroxyl groups excluding tert-OH is 1. The highest BCUT2D eigenvalue weighted by Gasteiger charge is 2.28. The summed E-state index contributed by atoms with van der Waals surface area (Å²) in [6.45, 7) is 0.913. The molecule has 2 unspecified atom stereocenters. The van der Waals surface area contributed by atoms with E-state index >= 15 is 0 Å². The van der Waals surface area contributed by atoms with Gasteiger partial charge in [-0.2, -0.15) is 0 Å². The Morgan fingerprint density at radius 1 is 1.65 bits per heavy atom. The highest BCUT2D eigenvalue weighted by atomic mass is 32.1. The molecule has 1 aromatic heterocycles. The van der Waals surface area contributed by atoms with Crippen molar-refractivity contribution in [1.29, 1.82) is 0 Å². The van der Waals surface area contributed by atoms with Crippen molar-refractivity contribution >= 4 is 17.3 Å². The summed E-state index contributed by atoms with van der Waals surface area (Å²) in [5.74, 6) is -0.789. The fourth-order valence-corrected chi connectivity index (χ4v) is 3.12. The molecule has 0 bridgehead atoms. The van der Waals surface area contributed by atoms with Crippen LogP contribution in [0, 0.1) is 0 Å². The number of aliphatic carboxylic acids is 1. The number of thiophene rings is 1. The van der Waals surface area contributed by atoms with Gasteiger partial charge in [-0.05, 0) is 37.3 Å². The van der Waals surface area contributed by atoms with Gasteiger partial charge in [-0.3, -0.25) is 9.69 Å². The van der Waals surface area contributed by atoms with Gasteiger partial charge in [0.2, 0.25) is 0 Å². The molecule has 2 atom stereocenters. The van der Waals surface area contributed by atoms with Crippen molar-refractivity contribution in [1.82, 2.24) is 4.90 Å². The Labute approximate surface area is 104 Å². The summed E-state index contributed by atoms with van der Waals surface area (Å²) in [6, 6.07) is 4.04. The van der Waals surface area contributed by atoms with Crippen LogP contribution in [-0.4, -0.2) is 40.2 Å². The van der Waals surface area contributed by atoms with Crippen molar-refractivity contribution in [3.05, 3.63) is 22.4 Å². The van der Waals surface area contributed by atoms with E-state index in [0.717, 1.165) is 24.3 Å². The molecule has 1 saturated heterocycles. The first kappa shape index (κ1) is 12.5. The maximum absolute atomic E-state index is 10.7. The third kappa shape index (κ3) is 3.28. The molecule has 5 heteroatoms. The molecule has 4 nitrogen and oxygen atoms in total. The van der Waals surface area contributed by atoms with Crippen LogP contribution < -0.4 is 0 Å². The van der Waals surface area contributed by atoms with E-state index in [1.807, 2.05) is 22.4 Å². The van der Waals surface area contributed by atoms with Crippen molar-refractivity contribution in [3.63, 3.8) is 0 Å². The van der Waals surface area contributed by atoms with Crippen LogP contribution in [-0.2, 0) is 4.79 Å². The van der Waals surface area contributed by atoms with Gasteiger partial charge in [0, 0.05) is 10.9 Å². The lowest BCUT2D eigenvalue weighted by molar-refractivity contribution is -0.138. The van der Waals surface area contributed by atoms with Gasteiger partial charge in [-0.25, -0.2) is 0 Å². The molecule has 2 N–H and O–H groups in total. The lowest BCUT2D eigenvalue weighted by atomic mass is 10.1. The van der Waals surface area contributed by atoms with Crippen LogP contribution in [0.5, 0.6) is 0 Å². The fourth-order valence-electron chi connectivity index (χ4n) is 2.40. The lowest BCUT2D eigenvalue weighted by Gasteiger charge is -2.24. The molecular formula is C12H17NO3S. The van der Waals surface area contributed by atoms with Crippen LogP contribution in [0.15, 0.2) is 17.5 Å².